The first-order valence-electron chi connectivity index (χ1n) is 7.86. The van der Waals surface area contributed by atoms with E-state index in [0.717, 1.165) is 6.42 Å². The SMILES string of the molecule is CCc1nnc(C)cc1C(=O)N1CCCC1(COC)C(=O)NC. The second kappa shape index (κ2) is 7.04. The molecule has 1 aromatic heterocycles. The van der Waals surface area contributed by atoms with Crippen molar-refractivity contribution in [3.8, 4) is 0 Å². The van der Waals surface area contributed by atoms with Gasteiger partial charge in [0.1, 0.15) is 5.54 Å². The van der Waals surface area contributed by atoms with Gasteiger partial charge in [-0.2, -0.15) is 10.2 Å². The highest BCUT2D eigenvalue weighted by molar-refractivity contribution is 6.00. The monoisotopic (exact) mass is 320 g/mol. The average Bonchev–Trinajstić information content (AvgIpc) is 2.98. The van der Waals surface area contributed by atoms with Gasteiger partial charge in [0.25, 0.3) is 5.91 Å². The molecule has 0 spiro atoms. The van der Waals surface area contributed by atoms with E-state index in [1.54, 1.807) is 32.0 Å². The van der Waals surface area contributed by atoms with Gasteiger partial charge in [0, 0.05) is 20.7 Å². The Morgan fingerprint density at radius 3 is 2.78 bits per heavy atom. The van der Waals surface area contributed by atoms with Crippen LogP contribution in [0, 0.1) is 6.92 Å². The van der Waals surface area contributed by atoms with E-state index in [1.165, 1.54) is 0 Å². The fourth-order valence-electron chi connectivity index (χ4n) is 3.20. The first-order valence-corrected chi connectivity index (χ1v) is 7.86. The largest absolute Gasteiger partial charge is 0.382 e. The van der Waals surface area contributed by atoms with Crippen LogP contribution < -0.4 is 5.32 Å². The maximum Gasteiger partial charge on any atom is 0.256 e. The van der Waals surface area contributed by atoms with Crippen molar-refractivity contribution < 1.29 is 14.3 Å². The zero-order valence-corrected chi connectivity index (χ0v) is 14.2. The molecule has 2 rings (SSSR count). The van der Waals surface area contributed by atoms with E-state index in [1.807, 2.05) is 6.92 Å². The molecule has 1 aromatic rings. The summed E-state index contributed by atoms with van der Waals surface area (Å²) in [5.41, 5.74) is 0.895. The number of aryl methyl sites for hydroxylation is 2. The van der Waals surface area contributed by atoms with E-state index < -0.39 is 5.54 Å². The Balaban J connectivity index is 2.44. The quantitative estimate of drug-likeness (QED) is 0.864. The molecule has 1 aliphatic rings. The van der Waals surface area contributed by atoms with E-state index in [-0.39, 0.29) is 18.4 Å². The van der Waals surface area contributed by atoms with Crippen LogP contribution in [0.5, 0.6) is 0 Å². The number of hydrogen-bond donors (Lipinski definition) is 1. The lowest BCUT2D eigenvalue weighted by Crippen LogP contribution is -2.59. The minimum Gasteiger partial charge on any atom is -0.382 e. The lowest BCUT2D eigenvalue weighted by molar-refractivity contribution is -0.133. The molecule has 1 unspecified atom stereocenters. The Morgan fingerprint density at radius 1 is 1.43 bits per heavy atom. The van der Waals surface area contributed by atoms with Crippen molar-refractivity contribution >= 4 is 11.8 Å². The average molecular weight is 320 g/mol. The van der Waals surface area contributed by atoms with Crippen LogP contribution in [-0.2, 0) is 16.0 Å². The van der Waals surface area contributed by atoms with Crippen molar-refractivity contribution in [3.63, 3.8) is 0 Å². The molecule has 7 heteroatoms. The molecule has 0 aliphatic carbocycles. The molecule has 23 heavy (non-hydrogen) atoms. The van der Waals surface area contributed by atoms with Crippen LogP contribution in [-0.4, -0.2) is 59.8 Å². The van der Waals surface area contributed by atoms with Gasteiger partial charge in [-0.15, -0.1) is 0 Å². The molecule has 0 saturated carbocycles. The van der Waals surface area contributed by atoms with Crippen molar-refractivity contribution in [1.29, 1.82) is 0 Å². The zero-order chi connectivity index (χ0) is 17.0. The fourth-order valence-corrected chi connectivity index (χ4v) is 3.20. The Kier molecular flexibility index (Phi) is 5.30. The summed E-state index contributed by atoms with van der Waals surface area (Å²) in [5.74, 6) is -0.375. The minimum atomic E-state index is -0.956. The van der Waals surface area contributed by atoms with Crippen LogP contribution in [0.15, 0.2) is 6.07 Å². The number of likely N-dealkylation sites (N-methyl/N-ethyl adjacent to an activating group) is 1. The Bertz CT molecular complexity index is 605. The maximum atomic E-state index is 13.1. The third-order valence-corrected chi connectivity index (χ3v) is 4.32. The van der Waals surface area contributed by atoms with E-state index in [2.05, 4.69) is 15.5 Å². The highest BCUT2D eigenvalue weighted by Crippen LogP contribution is 2.32. The Morgan fingerprint density at radius 2 is 2.17 bits per heavy atom. The van der Waals surface area contributed by atoms with Crippen molar-refractivity contribution in [2.45, 2.75) is 38.6 Å². The number of ether oxygens (including phenoxy) is 1. The smallest absolute Gasteiger partial charge is 0.256 e. The van der Waals surface area contributed by atoms with Crippen LogP contribution in [0.4, 0.5) is 0 Å². The number of hydrogen-bond acceptors (Lipinski definition) is 5. The molecule has 1 fully saturated rings. The second-order valence-electron chi connectivity index (χ2n) is 5.80. The Labute approximate surface area is 136 Å². The zero-order valence-electron chi connectivity index (χ0n) is 14.2. The molecule has 1 N–H and O–H groups in total. The number of carbonyl (C=O) groups excluding carboxylic acids is 2. The number of methoxy groups -OCH3 is 1. The number of nitrogens with one attached hydrogen (secondary N) is 1. The van der Waals surface area contributed by atoms with E-state index in [4.69, 9.17) is 4.74 Å². The molecule has 0 bridgehead atoms. The van der Waals surface area contributed by atoms with E-state index >= 15 is 0 Å². The molecule has 2 amide bonds. The summed E-state index contributed by atoms with van der Waals surface area (Å²) >= 11 is 0. The predicted octanol–water partition coefficient (Wildman–Crippen LogP) is 0.715. The van der Waals surface area contributed by atoms with Crippen LogP contribution >= 0.6 is 0 Å². The third-order valence-electron chi connectivity index (χ3n) is 4.32. The number of nitrogens with zero attached hydrogens (tertiary/aromatic N) is 3. The van der Waals surface area contributed by atoms with Gasteiger partial charge in [-0.3, -0.25) is 9.59 Å². The van der Waals surface area contributed by atoms with Gasteiger partial charge in [0.05, 0.1) is 23.6 Å². The molecule has 0 radical (unpaired) electrons. The van der Waals surface area contributed by atoms with Gasteiger partial charge < -0.3 is 15.0 Å². The van der Waals surface area contributed by atoms with Gasteiger partial charge in [0.15, 0.2) is 0 Å². The lowest BCUT2D eigenvalue weighted by Gasteiger charge is -2.36. The summed E-state index contributed by atoms with van der Waals surface area (Å²) < 4.78 is 5.27. The highest BCUT2D eigenvalue weighted by atomic mass is 16.5. The summed E-state index contributed by atoms with van der Waals surface area (Å²) in [7, 11) is 3.12. The van der Waals surface area contributed by atoms with Crippen molar-refractivity contribution in [2.75, 3.05) is 27.3 Å². The van der Waals surface area contributed by atoms with Crippen LogP contribution in [0.3, 0.4) is 0 Å². The summed E-state index contributed by atoms with van der Waals surface area (Å²) in [6.07, 6.45) is 1.96. The number of carbonyl (C=O) groups is 2. The van der Waals surface area contributed by atoms with Crippen molar-refractivity contribution in [3.05, 3.63) is 23.0 Å². The van der Waals surface area contributed by atoms with Crippen LogP contribution in [0.1, 0.15) is 41.5 Å². The van der Waals surface area contributed by atoms with Gasteiger partial charge in [-0.1, -0.05) is 6.92 Å². The number of rotatable bonds is 5. The first kappa shape index (κ1) is 17.3. The third kappa shape index (κ3) is 3.06. The molecule has 126 valence electrons. The van der Waals surface area contributed by atoms with Crippen molar-refractivity contribution in [2.24, 2.45) is 0 Å². The molecular weight excluding hydrogens is 296 g/mol. The molecule has 2 heterocycles. The first-order chi connectivity index (χ1) is 11.0. The Hall–Kier alpha value is -2.02. The summed E-state index contributed by atoms with van der Waals surface area (Å²) in [5, 5.41) is 10.8. The molecule has 1 saturated heterocycles. The van der Waals surface area contributed by atoms with Gasteiger partial charge in [-0.25, -0.2) is 0 Å². The number of likely N-dealkylation sites (tertiary alicyclic amines) is 1. The maximum absolute atomic E-state index is 13.1. The van der Waals surface area contributed by atoms with E-state index in [9.17, 15) is 9.59 Å². The van der Waals surface area contributed by atoms with Gasteiger partial charge >= 0.3 is 0 Å². The standard InChI is InChI=1S/C16H24N4O3/c1-5-13-12(9-11(2)18-19-13)14(21)20-8-6-7-16(20,10-23-4)15(22)17-3/h9H,5-8,10H2,1-4H3,(H,17,22). The molecule has 0 aromatic carbocycles. The summed E-state index contributed by atoms with van der Waals surface area (Å²) in [4.78, 5) is 27.2. The topological polar surface area (TPSA) is 84.4 Å². The van der Waals surface area contributed by atoms with Crippen LogP contribution in [0.25, 0.3) is 0 Å². The number of aromatic nitrogens is 2. The lowest BCUT2D eigenvalue weighted by atomic mass is 9.95. The van der Waals surface area contributed by atoms with Gasteiger partial charge in [-0.05, 0) is 32.3 Å². The summed E-state index contributed by atoms with van der Waals surface area (Å²) in [6, 6.07) is 1.74. The van der Waals surface area contributed by atoms with Crippen molar-refractivity contribution in [1.82, 2.24) is 20.4 Å². The minimum absolute atomic E-state index is 0.178. The predicted molar refractivity (Wildman–Crippen MR) is 85.1 cm³/mol. The highest BCUT2D eigenvalue weighted by Gasteiger charge is 2.49. The normalized spacial score (nSPS) is 20.6. The van der Waals surface area contributed by atoms with E-state index in [0.29, 0.717) is 36.3 Å². The molecular formula is C16H24N4O3. The second-order valence-corrected chi connectivity index (χ2v) is 5.80. The number of amides is 2. The molecule has 1 atom stereocenters. The van der Waals surface area contributed by atoms with Crippen LogP contribution in [0.2, 0.25) is 0 Å². The summed E-state index contributed by atoms with van der Waals surface area (Å²) in [6.45, 7) is 4.44. The van der Waals surface area contributed by atoms with Gasteiger partial charge in [0.2, 0.25) is 5.91 Å². The molecule has 7 nitrogen and oxygen atoms in total. The molecule has 1 aliphatic heterocycles. The fraction of sp³-hybridized carbons (Fsp3) is 0.625.